The highest BCUT2D eigenvalue weighted by Crippen LogP contribution is 2.24. The van der Waals surface area contributed by atoms with Gasteiger partial charge in [0, 0.05) is 19.2 Å². The Kier molecular flexibility index (Phi) is 4.34. The number of carbonyl (C=O) groups is 1. The van der Waals surface area contributed by atoms with Crippen molar-refractivity contribution >= 4 is 11.6 Å². The van der Waals surface area contributed by atoms with E-state index in [2.05, 4.69) is 0 Å². The summed E-state index contributed by atoms with van der Waals surface area (Å²) >= 11 is 0. The number of aliphatic hydroxyl groups excluding tert-OH is 1. The molecule has 0 spiro atoms. The molecule has 6 heteroatoms. The summed E-state index contributed by atoms with van der Waals surface area (Å²) in [6.07, 6.45) is 1.08. The van der Waals surface area contributed by atoms with Gasteiger partial charge in [0.25, 0.3) is 11.6 Å². The predicted molar refractivity (Wildman–Crippen MR) is 73.4 cm³/mol. The van der Waals surface area contributed by atoms with E-state index >= 15 is 0 Å². The van der Waals surface area contributed by atoms with Gasteiger partial charge in [0.05, 0.1) is 11.0 Å². The molecule has 20 heavy (non-hydrogen) atoms. The lowest BCUT2D eigenvalue weighted by molar-refractivity contribution is -0.385. The molecule has 0 aromatic heterocycles. The first-order valence-corrected chi connectivity index (χ1v) is 6.71. The fourth-order valence-corrected chi connectivity index (χ4v) is 2.57. The summed E-state index contributed by atoms with van der Waals surface area (Å²) in [4.78, 5) is 24.4. The highest BCUT2D eigenvalue weighted by Gasteiger charge is 2.29. The molecule has 0 aliphatic carbocycles. The van der Waals surface area contributed by atoms with Crippen molar-refractivity contribution in [3.8, 4) is 0 Å². The Morgan fingerprint density at radius 2 is 2.00 bits per heavy atom. The number of hydrogen-bond donors (Lipinski definition) is 1. The predicted octanol–water partition coefficient (Wildman–Crippen LogP) is 1.83. The number of likely N-dealkylation sites (tertiary alicyclic amines) is 1. The van der Waals surface area contributed by atoms with Crippen molar-refractivity contribution in [3.05, 3.63) is 39.9 Å². The monoisotopic (exact) mass is 278 g/mol. The quantitative estimate of drug-likeness (QED) is 0.675. The van der Waals surface area contributed by atoms with Gasteiger partial charge in [0.2, 0.25) is 0 Å². The van der Waals surface area contributed by atoms with Crippen molar-refractivity contribution in [2.75, 3.05) is 13.1 Å². The van der Waals surface area contributed by atoms with Gasteiger partial charge in [-0.3, -0.25) is 14.9 Å². The summed E-state index contributed by atoms with van der Waals surface area (Å²) in [5, 5.41) is 20.5. The van der Waals surface area contributed by atoms with Crippen LogP contribution in [0.1, 0.15) is 30.1 Å². The van der Waals surface area contributed by atoms with Gasteiger partial charge in [-0.2, -0.15) is 0 Å². The second kappa shape index (κ2) is 6.00. The number of rotatable bonds is 3. The Bertz CT molecular complexity index is 508. The van der Waals surface area contributed by atoms with Crippen LogP contribution in [0.15, 0.2) is 24.3 Å². The molecular weight excluding hydrogens is 260 g/mol. The third kappa shape index (κ3) is 2.96. The maximum absolute atomic E-state index is 12.4. The molecule has 0 saturated carbocycles. The van der Waals surface area contributed by atoms with Crippen LogP contribution in [0.4, 0.5) is 5.69 Å². The highest BCUT2D eigenvalue weighted by atomic mass is 16.6. The van der Waals surface area contributed by atoms with Crippen LogP contribution in [0.3, 0.4) is 0 Å². The average molecular weight is 278 g/mol. The number of aliphatic hydroxyl groups is 1. The Morgan fingerprint density at radius 1 is 1.40 bits per heavy atom. The fraction of sp³-hybridized carbons (Fsp3) is 0.500. The van der Waals surface area contributed by atoms with Gasteiger partial charge < -0.3 is 10.0 Å². The molecule has 1 aromatic carbocycles. The van der Waals surface area contributed by atoms with E-state index < -0.39 is 4.92 Å². The highest BCUT2D eigenvalue weighted by molar-refractivity contribution is 5.98. The molecular formula is C14H18N2O4. The van der Waals surface area contributed by atoms with E-state index in [-0.39, 0.29) is 29.2 Å². The molecule has 0 bridgehead atoms. The molecule has 1 N–H and O–H groups in total. The molecule has 1 aliphatic heterocycles. The van der Waals surface area contributed by atoms with Gasteiger partial charge in [-0.1, -0.05) is 12.1 Å². The number of hydrogen-bond acceptors (Lipinski definition) is 4. The summed E-state index contributed by atoms with van der Waals surface area (Å²) in [5.74, 6) is -0.105. The Hall–Kier alpha value is -1.95. The van der Waals surface area contributed by atoms with E-state index in [1.54, 1.807) is 24.0 Å². The second-order valence-electron chi connectivity index (χ2n) is 5.14. The van der Waals surface area contributed by atoms with E-state index in [1.165, 1.54) is 12.1 Å². The standard InChI is InChI=1S/C14H18N2O4/c1-10(17)11-6-8-15(9-7-11)14(18)12-4-2-3-5-13(12)16(19)20/h2-5,10-11,17H,6-9H2,1H3. The molecule has 1 saturated heterocycles. The molecule has 1 amide bonds. The number of para-hydroxylation sites is 1. The van der Waals surface area contributed by atoms with Gasteiger partial charge in [-0.15, -0.1) is 0 Å². The maximum Gasteiger partial charge on any atom is 0.282 e. The number of nitro benzene ring substituents is 1. The first-order chi connectivity index (χ1) is 9.50. The molecule has 1 heterocycles. The van der Waals surface area contributed by atoms with Crippen LogP contribution < -0.4 is 0 Å². The number of piperidine rings is 1. The van der Waals surface area contributed by atoms with Crippen molar-refractivity contribution in [3.63, 3.8) is 0 Å². The minimum absolute atomic E-state index is 0.132. The molecule has 1 aromatic rings. The lowest BCUT2D eigenvalue weighted by Gasteiger charge is -2.33. The SMILES string of the molecule is CC(O)C1CCN(C(=O)c2ccccc2[N+](=O)[O-])CC1. The zero-order chi connectivity index (χ0) is 14.7. The van der Waals surface area contributed by atoms with Crippen molar-refractivity contribution in [1.82, 2.24) is 4.90 Å². The summed E-state index contributed by atoms with van der Waals surface area (Å²) in [6.45, 7) is 2.81. The molecule has 1 fully saturated rings. The van der Waals surface area contributed by atoms with E-state index in [9.17, 15) is 20.0 Å². The van der Waals surface area contributed by atoms with E-state index in [4.69, 9.17) is 0 Å². The van der Waals surface area contributed by atoms with Crippen molar-refractivity contribution in [2.24, 2.45) is 5.92 Å². The van der Waals surface area contributed by atoms with Crippen LogP contribution in [0.5, 0.6) is 0 Å². The van der Waals surface area contributed by atoms with E-state index in [1.807, 2.05) is 0 Å². The van der Waals surface area contributed by atoms with Crippen LogP contribution in [0.25, 0.3) is 0 Å². The summed E-state index contributed by atoms with van der Waals surface area (Å²) in [7, 11) is 0. The summed E-state index contributed by atoms with van der Waals surface area (Å²) < 4.78 is 0. The zero-order valence-electron chi connectivity index (χ0n) is 11.4. The maximum atomic E-state index is 12.4. The topological polar surface area (TPSA) is 83.7 Å². The van der Waals surface area contributed by atoms with Gasteiger partial charge in [-0.25, -0.2) is 0 Å². The first kappa shape index (κ1) is 14.5. The average Bonchev–Trinajstić information content (AvgIpc) is 2.46. The zero-order valence-corrected chi connectivity index (χ0v) is 11.4. The van der Waals surface area contributed by atoms with Gasteiger partial charge in [-0.05, 0) is 31.7 Å². The minimum atomic E-state index is -0.532. The smallest absolute Gasteiger partial charge is 0.282 e. The lowest BCUT2D eigenvalue weighted by Crippen LogP contribution is -2.40. The number of carbonyl (C=O) groups excluding carboxylic acids is 1. The molecule has 1 unspecified atom stereocenters. The van der Waals surface area contributed by atoms with Crippen molar-refractivity contribution in [2.45, 2.75) is 25.9 Å². The van der Waals surface area contributed by atoms with Crippen LogP contribution in [-0.4, -0.2) is 40.0 Å². The van der Waals surface area contributed by atoms with Crippen molar-refractivity contribution < 1.29 is 14.8 Å². The Balaban J connectivity index is 2.12. The number of nitrogens with zero attached hydrogens (tertiary/aromatic N) is 2. The minimum Gasteiger partial charge on any atom is -0.393 e. The first-order valence-electron chi connectivity index (χ1n) is 6.71. The van der Waals surface area contributed by atoms with Gasteiger partial charge in [0.1, 0.15) is 5.56 Å². The summed E-state index contributed by atoms with van der Waals surface area (Å²) in [5.41, 5.74) is -0.0249. The van der Waals surface area contributed by atoms with Crippen LogP contribution in [0, 0.1) is 16.0 Å². The Labute approximate surface area is 117 Å². The number of benzene rings is 1. The van der Waals surface area contributed by atoms with Gasteiger partial charge in [0.15, 0.2) is 0 Å². The molecule has 2 rings (SSSR count). The Morgan fingerprint density at radius 3 is 2.55 bits per heavy atom. The molecule has 0 radical (unpaired) electrons. The largest absolute Gasteiger partial charge is 0.393 e. The van der Waals surface area contributed by atoms with E-state index in [0.29, 0.717) is 13.1 Å². The van der Waals surface area contributed by atoms with E-state index in [0.717, 1.165) is 12.8 Å². The second-order valence-corrected chi connectivity index (χ2v) is 5.14. The molecule has 1 atom stereocenters. The molecule has 6 nitrogen and oxygen atoms in total. The number of nitro groups is 1. The van der Waals surface area contributed by atoms with Crippen molar-refractivity contribution in [1.29, 1.82) is 0 Å². The van der Waals surface area contributed by atoms with Crippen LogP contribution in [0.2, 0.25) is 0 Å². The normalized spacial score (nSPS) is 17.8. The molecule has 1 aliphatic rings. The van der Waals surface area contributed by atoms with Gasteiger partial charge >= 0.3 is 0 Å². The molecule has 108 valence electrons. The van der Waals surface area contributed by atoms with Crippen LogP contribution in [-0.2, 0) is 0 Å². The fourth-order valence-electron chi connectivity index (χ4n) is 2.57. The third-order valence-corrected chi connectivity index (χ3v) is 3.84. The number of amides is 1. The third-order valence-electron chi connectivity index (χ3n) is 3.84. The summed E-state index contributed by atoms with van der Waals surface area (Å²) in [6, 6.07) is 6.01. The lowest BCUT2D eigenvalue weighted by atomic mass is 9.92. The van der Waals surface area contributed by atoms with Crippen LogP contribution >= 0.6 is 0 Å².